The Hall–Kier alpha value is -0.930. The maximum absolute atomic E-state index is 9.45. The Bertz CT molecular complexity index is 377. The molecule has 0 fully saturated rings. The van der Waals surface area contributed by atoms with E-state index < -0.39 is 6.10 Å². The Morgan fingerprint density at radius 1 is 1.38 bits per heavy atom. The van der Waals surface area contributed by atoms with Crippen molar-refractivity contribution in [3.8, 4) is 11.5 Å². The summed E-state index contributed by atoms with van der Waals surface area (Å²) in [7, 11) is 0. The molecule has 1 aliphatic rings. The zero-order valence-corrected chi connectivity index (χ0v) is 9.96. The topological polar surface area (TPSA) is 38.7 Å². The van der Waals surface area contributed by atoms with E-state index in [9.17, 15) is 5.11 Å². The van der Waals surface area contributed by atoms with E-state index in [4.69, 9.17) is 21.1 Å². The molecule has 1 aromatic rings. The van der Waals surface area contributed by atoms with Gasteiger partial charge in [-0.15, -0.1) is 0 Å². The van der Waals surface area contributed by atoms with Crippen LogP contribution in [0.2, 0.25) is 5.02 Å². The zero-order chi connectivity index (χ0) is 11.5. The van der Waals surface area contributed by atoms with E-state index >= 15 is 0 Å². The molecule has 1 N–H and O–H groups in total. The van der Waals surface area contributed by atoms with E-state index in [0.717, 1.165) is 17.7 Å². The number of ether oxygens (including phenoxy) is 2. The fraction of sp³-hybridized carbons (Fsp3) is 0.500. The first-order chi connectivity index (χ1) is 7.68. The Labute approximate surface area is 99.9 Å². The van der Waals surface area contributed by atoms with Crippen molar-refractivity contribution in [3.63, 3.8) is 0 Å². The first-order valence-corrected chi connectivity index (χ1v) is 5.81. The van der Waals surface area contributed by atoms with Gasteiger partial charge in [0, 0.05) is 23.4 Å². The quantitative estimate of drug-likeness (QED) is 0.866. The molecular weight excluding hydrogens is 228 g/mol. The zero-order valence-electron chi connectivity index (χ0n) is 9.20. The third kappa shape index (κ3) is 2.42. The molecule has 16 heavy (non-hydrogen) atoms. The van der Waals surface area contributed by atoms with Crippen LogP contribution in [0, 0.1) is 0 Å². The summed E-state index contributed by atoms with van der Waals surface area (Å²) in [6.07, 6.45) is 0.891. The van der Waals surface area contributed by atoms with Gasteiger partial charge in [-0.05, 0) is 19.1 Å². The van der Waals surface area contributed by atoms with E-state index in [0.29, 0.717) is 30.4 Å². The lowest BCUT2D eigenvalue weighted by Crippen LogP contribution is -2.07. The van der Waals surface area contributed by atoms with Gasteiger partial charge in [0.1, 0.15) is 0 Å². The third-order valence-electron chi connectivity index (χ3n) is 2.46. The van der Waals surface area contributed by atoms with Crippen LogP contribution in [0.25, 0.3) is 0 Å². The fourth-order valence-electron chi connectivity index (χ4n) is 1.76. The first kappa shape index (κ1) is 11.6. The standard InChI is InChI=1S/C12H15ClO3/c1-8(14)7-9-10(13)3-4-11-12(9)16-6-2-5-15-11/h3-4,8,14H,2,5-7H2,1H3. The minimum Gasteiger partial charge on any atom is -0.490 e. The van der Waals surface area contributed by atoms with Crippen LogP contribution in [0.15, 0.2) is 12.1 Å². The van der Waals surface area contributed by atoms with Crippen LogP contribution < -0.4 is 9.47 Å². The molecule has 1 aliphatic heterocycles. The molecule has 88 valence electrons. The molecule has 1 atom stereocenters. The van der Waals surface area contributed by atoms with Crippen LogP contribution in [-0.4, -0.2) is 24.4 Å². The predicted octanol–water partition coefficient (Wildman–Crippen LogP) is 2.42. The van der Waals surface area contributed by atoms with Gasteiger partial charge in [-0.2, -0.15) is 0 Å². The van der Waals surface area contributed by atoms with Crippen LogP contribution in [0.5, 0.6) is 11.5 Å². The second-order valence-electron chi connectivity index (χ2n) is 3.96. The van der Waals surface area contributed by atoms with Crippen molar-refractivity contribution in [3.05, 3.63) is 22.7 Å². The molecule has 1 heterocycles. The second kappa shape index (κ2) is 4.93. The smallest absolute Gasteiger partial charge is 0.165 e. The highest BCUT2D eigenvalue weighted by Crippen LogP contribution is 2.38. The maximum Gasteiger partial charge on any atom is 0.165 e. The summed E-state index contributed by atoms with van der Waals surface area (Å²) in [5.74, 6) is 1.41. The van der Waals surface area contributed by atoms with Crippen molar-refractivity contribution in [2.75, 3.05) is 13.2 Å². The number of hydrogen-bond donors (Lipinski definition) is 1. The van der Waals surface area contributed by atoms with Crippen LogP contribution >= 0.6 is 11.6 Å². The SMILES string of the molecule is CC(O)Cc1c(Cl)ccc2c1OCCCO2. The Morgan fingerprint density at radius 3 is 2.88 bits per heavy atom. The molecule has 0 saturated heterocycles. The maximum atomic E-state index is 9.45. The fourth-order valence-corrected chi connectivity index (χ4v) is 1.98. The summed E-state index contributed by atoms with van der Waals surface area (Å²) >= 11 is 6.11. The molecule has 0 aromatic heterocycles. The highest BCUT2D eigenvalue weighted by atomic mass is 35.5. The summed E-state index contributed by atoms with van der Waals surface area (Å²) in [6, 6.07) is 3.60. The van der Waals surface area contributed by atoms with Gasteiger partial charge in [-0.1, -0.05) is 11.6 Å². The van der Waals surface area contributed by atoms with Crippen molar-refractivity contribution in [2.24, 2.45) is 0 Å². The molecule has 0 spiro atoms. The van der Waals surface area contributed by atoms with Gasteiger partial charge in [0.15, 0.2) is 11.5 Å². The molecule has 3 nitrogen and oxygen atoms in total. The van der Waals surface area contributed by atoms with Crippen molar-refractivity contribution in [1.29, 1.82) is 0 Å². The molecule has 1 unspecified atom stereocenters. The Kier molecular flexibility index (Phi) is 3.56. The van der Waals surface area contributed by atoms with E-state index in [2.05, 4.69) is 0 Å². The van der Waals surface area contributed by atoms with E-state index in [1.165, 1.54) is 0 Å². The van der Waals surface area contributed by atoms with Gasteiger partial charge in [-0.3, -0.25) is 0 Å². The summed E-state index contributed by atoms with van der Waals surface area (Å²) in [5, 5.41) is 10.1. The van der Waals surface area contributed by atoms with Crippen molar-refractivity contribution in [2.45, 2.75) is 25.9 Å². The largest absolute Gasteiger partial charge is 0.490 e. The normalized spacial score (nSPS) is 16.7. The summed E-state index contributed by atoms with van der Waals surface area (Å²) in [6.45, 7) is 3.01. The molecule has 4 heteroatoms. The number of rotatable bonds is 2. The predicted molar refractivity (Wildman–Crippen MR) is 62.4 cm³/mol. The molecule has 0 saturated carbocycles. The highest BCUT2D eigenvalue weighted by Gasteiger charge is 2.18. The Balaban J connectivity index is 2.40. The molecule has 0 amide bonds. The average Bonchev–Trinajstić information content (AvgIpc) is 2.47. The van der Waals surface area contributed by atoms with Gasteiger partial charge < -0.3 is 14.6 Å². The lowest BCUT2D eigenvalue weighted by molar-refractivity contribution is 0.193. The number of aliphatic hydroxyl groups excluding tert-OH is 1. The minimum atomic E-state index is -0.448. The first-order valence-electron chi connectivity index (χ1n) is 5.43. The highest BCUT2D eigenvalue weighted by molar-refractivity contribution is 6.31. The van der Waals surface area contributed by atoms with Gasteiger partial charge in [0.05, 0.1) is 19.3 Å². The number of aliphatic hydroxyl groups is 1. The van der Waals surface area contributed by atoms with Crippen molar-refractivity contribution >= 4 is 11.6 Å². The molecule has 0 aliphatic carbocycles. The van der Waals surface area contributed by atoms with Crippen LogP contribution in [0.1, 0.15) is 18.9 Å². The minimum absolute atomic E-state index is 0.448. The van der Waals surface area contributed by atoms with Gasteiger partial charge in [0.2, 0.25) is 0 Å². The third-order valence-corrected chi connectivity index (χ3v) is 2.81. The van der Waals surface area contributed by atoms with E-state index in [1.807, 2.05) is 6.07 Å². The summed E-state index contributed by atoms with van der Waals surface area (Å²) < 4.78 is 11.2. The molecular formula is C12H15ClO3. The van der Waals surface area contributed by atoms with Crippen LogP contribution in [0.4, 0.5) is 0 Å². The van der Waals surface area contributed by atoms with Crippen LogP contribution in [-0.2, 0) is 6.42 Å². The number of hydrogen-bond acceptors (Lipinski definition) is 3. The number of halogens is 1. The molecule has 0 bridgehead atoms. The van der Waals surface area contributed by atoms with Gasteiger partial charge in [0.25, 0.3) is 0 Å². The van der Waals surface area contributed by atoms with E-state index in [1.54, 1.807) is 13.0 Å². The second-order valence-corrected chi connectivity index (χ2v) is 4.36. The lowest BCUT2D eigenvalue weighted by atomic mass is 10.1. The van der Waals surface area contributed by atoms with Crippen molar-refractivity contribution < 1.29 is 14.6 Å². The monoisotopic (exact) mass is 242 g/mol. The summed E-state index contributed by atoms with van der Waals surface area (Å²) in [4.78, 5) is 0. The molecule has 2 rings (SSSR count). The average molecular weight is 243 g/mol. The number of fused-ring (bicyclic) bond motifs is 1. The molecule has 0 radical (unpaired) electrons. The van der Waals surface area contributed by atoms with Gasteiger partial charge in [-0.25, -0.2) is 0 Å². The van der Waals surface area contributed by atoms with E-state index in [-0.39, 0.29) is 0 Å². The summed E-state index contributed by atoms with van der Waals surface area (Å²) in [5.41, 5.74) is 0.830. The van der Waals surface area contributed by atoms with Crippen molar-refractivity contribution in [1.82, 2.24) is 0 Å². The van der Waals surface area contributed by atoms with Gasteiger partial charge >= 0.3 is 0 Å². The van der Waals surface area contributed by atoms with Crippen LogP contribution in [0.3, 0.4) is 0 Å². The number of benzene rings is 1. The Morgan fingerprint density at radius 2 is 2.12 bits per heavy atom. The molecule has 1 aromatic carbocycles. The lowest BCUT2D eigenvalue weighted by Gasteiger charge is -2.15.